The second kappa shape index (κ2) is 4.63. The molecule has 0 aromatic heterocycles. The van der Waals surface area contributed by atoms with Crippen molar-refractivity contribution in [2.45, 2.75) is 42.9 Å². The van der Waals surface area contributed by atoms with Crippen molar-refractivity contribution in [2.75, 3.05) is 0 Å². The lowest BCUT2D eigenvalue weighted by atomic mass is 10.2. The number of sulfone groups is 1. The van der Waals surface area contributed by atoms with Crippen LogP contribution in [0.5, 0.6) is 0 Å². The van der Waals surface area contributed by atoms with Gasteiger partial charge in [-0.15, -0.1) is 0 Å². The molecule has 0 radical (unpaired) electrons. The number of carbonyl (C=O) groups excluding carboxylic acids is 1. The minimum atomic E-state index is -3.42. The van der Waals surface area contributed by atoms with Crippen molar-refractivity contribution in [1.82, 2.24) is 0 Å². The molecule has 1 fully saturated rings. The normalized spacial score (nSPS) is 22.9. The molecule has 1 saturated carbocycles. The van der Waals surface area contributed by atoms with E-state index in [0.29, 0.717) is 6.42 Å². The van der Waals surface area contributed by atoms with Gasteiger partial charge in [-0.1, -0.05) is 18.2 Å². The van der Waals surface area contributed by atoms with Gasteiger partial charge in [-0.2, -0.15) is 0 Å². The van der Waals surface area contributed by atoms with Crippen LogP contribution in [0.2, 0.25) is 0 Å². The van der Waals surface area contributed by atoms with Gasteiger partial charge in [0.1, 0.15) is 5.60 Å². The molecule has 2 atom stereocenters. The van der Waals surface area contributed by atoms with Gasteiger partial charge in [0.05, 0.1) is 16.1 Å². The van der Waals surface area contributed by atoms with Gasteiger partial charge in [-0.25, -0.2) is 8.42 Å². The van der Waals surface area contributed by atoms with Crippen molar-refractivity contribution in [3.05, 3.63) is 30.3 Å². The number of carbonyl (C=O) groups is 1. The summed E-state index contributed by atoms with van der Waals surface area (Å²) in [5.41, 5.74) is -0.583. The van der Waals surface area contributed by atoms with Crippen LogP contribution in [0.15, 0.2) is 35.2 Å². The van der Waals surface area contributed by atoms with E-state index >= 15 is 0 Å². The zero-order valence-corrected chi connectivity index (χ0v) is 12.1. The van der Waals surface area contributed by atoms with Gasteiger partial charge in [0, 0.05) is 0 Å². The summed E-state index contributed by atoms with van der Waals surface area (Å²) in [4.78, 5) is 12.1. The quantitative estimate of drug-likeness (QED) is 0.797. The van der Waals surface area contributed by atoms with E-state index in [0.717, 1.165) is 0 Å². The average Bonchev–Trinajstić information content (AvgIpc) is 3.08. The minimum absolute atomic E-state index is 0.269. The number of hydrogen-bond acceptors (Lipinski definition) is 4. The standard InChI is InChI=1S/C14H18O4S/c1-14(2,3)18-13(15)11-9-12(11)19(16,17)10-7-5-4-6-8-10/h4-8,11-12H,9H2,1-3H3/t11-,12-/m1/s1. The maximum Gasteiger partial charge on any atom is 0.310 e. The predicted molar refractivity (Wildman–Crippen MR) is 71.4 cm³/mol. The van der Waals surface area contributed by atoms with Gasteiger partial charge in [0.15, 0.2) is 9.84 Å². The largest absolute Gasteiger partial charge is 0.460 e. The van der Waals surface area contributed by atoms with Crippen molar-refractivity contribution in [3.8, 4) is 0 Å². The maximum absolute atomic E-state index is 12.3. The Labute approximate surface area is 113 Å². The number of benzene rings is 1. The van der Waals surface area contributed by atoms with E-state index in [1.54, 1.807) is 51.1 Å². The van der Waals surface area contributed by atoms with E-state index in [2.05, 4.69) is 0 Å². The molecule has 2 rings (SSSR count). The fourth-order valence-corrected chi connectivity index (χ4v) is 3.82. The van der Waals surface area contributed by atoms with Gasteiger partial charge >= 0.3 is 5.97 Å². The lowest BCUT2D eigenvalue weighted by molar-refractivity contribution is -0.156. The Hall–Kier alpha value is -1.36. The highest BCUT2D eigenvalue weighted by Gasteiger charge is 2.53. The molecule has 0 saturated heterocycles. The highest BCUT2D eigenvalue weighted by atomic mass is 32.2. The Morgan fingerprint density at radius 2 is 1.79 bits per heavy atom. The molecule has 19 heavy (non-hydrogen) atoms. The van der Waals surface area contributed by atoms with Crippen LogP contribution in [-0.4, -0.2) is 25.2 Å². The summed E-state index contributed by atoms with van der Waals surface area (Å²) in [5.74, 6) is -0.943. The first-order valence-corrected chi connectivity index (χ1v) is 7.78. The molecule has 0 N–H and O–H groups in total. The molecule has 0 aliphatic heterocycles. The van der Waals surface area contributed by atoms with Gasteiger partial charge in [-0.3, -0.25) is 4.79 Å². The van der Waals surface area contributed by atoms with E-state index in [-0.39, 0.29) is 4.90 Å². The van der Waals surface area contributed by atoms with E-state index in [1.807, 2.05) is 0 Å². The highest BCUT2D eigenvalue weighted by molar-refractivity contribution is 7.92. The van der Waals surface area contributed by atoms with E-state index < -0.39 is 32.6 Å². The Morgan fingerprint density at radius 1 is 1.21 bits per heavy atom. The molecule has 0 spiro atoms. The Bertz CT molecular complexity index is 569. The van der Waals surface area contributed by atoms with Gasteiger partial charge in [-0.05, 0) is 39.3 Å². The third kappa shape index (κ3) is 3.15. The molecule has 4 nitrogen and oxygen atoms in total. The van der Waals surface area contributed by atoms with Crippen molar-refractivity contribution >= 4 is 15.8 Å². The molecule has 0 amide bonds. The molecule has 1 aromatic carbocycles. The second-order valence-corrected chi connectivity index (χ2v) is 7.94. The third-order valence-corrected chi connectivity index (χ3v) is 5.16. The van der Waals surface area contributed by atoms with Crippen LogP contribution in [0.4, 0.5) is 0 Å². The van der Waals surface area contributed by atoms with E-state index in [1.165, 1.54) is 0 Å². The van der Waals surface area contributed by atoms with Crippen molar-refractivity contribution < 1.29 is 17.9 Å². The molecule has 104 valence electrons. The summed E-state index contributed by atoms with van der Waals surface area (Å²) in [6.45, 7) is 5.32. The lowest BCUT2D eigenvalue weighted by Gasteiger charge is -2.19. The molecule has 1 aliphatic rings. The van der Waals surface area contributed by atoms with Crippen LogP contribution >= 0.6 is 0 Å². The van der Waals surface area contributed by atoms with Crippen LogP contribution in [-0.2, 0) is 19.4 Å². The number of rotatable bonds is 3. The van der Waals surface area contributed by atoms with Crippen LogP contribution in [0.25, 0.3) is 0 Å². The van der Waals surface area contributed by atoms with Crippen LogP contribution < -0.4 is 0 Å². The predicted octanol–water partition coefficient (Wildman–Crippen LogP) is 2.19. The van der Waals surface area contributed by atoms with E-state index in [4.69, 9.17) is 4.74 Å². The Kier molecular flexibility index (Phi) is 3.43. The summed E-state index contributed by atoms with van der Waals surface area (Å²) in [6.07, 6.45) is 0.353. The van der Waals surface area contributed by atoms with Crippen LogP contribution in [0.3, 0.4) is 0 Å². The number of ether oxygens (including phenoxy) is 1. The molecule has 1 aliphatic carbocycles. The minimum Gasteiger partial charge on any atom is -0.460 e. The summed E-state index contributed by atoms with van der Waals surface area (Å²) in [5, 5.41) is -0.634. The van der Waals surface area contributed by atoms with Crippen molar-refractivity contribution in [3.63, 3.8) is 0 Å². The first kappa shape index (κ1) is 14.1. The molecule has 0 bridgehead atoms. The molecule has 5 heteroatoms. The number of hydrogen-bond donors (Lipinski definition) is 0. The average molecular weight is 282 g/mol. The monoisotopic (exact) mass is 282 g/mol. The third-order valence-electron chi connectivity index (χ3n) is 2.91. The van der Waals surface area contributed by atoms with Gasteiger partial charge < -0.3 is 4.74 Å². The zero-order valence-electron chi connectivity index (χ0n) is 11.3. The molecular formula is C14H18O4S. The molecule has 1 aromatic rings. The van der Waals surface area contributed by atoms with Crippen LogP contribution in [0.1, 0.15) is 27.2 Å². The fraction of sp³-hybridized carbons (Fsp3) is 0.500. The van der Waals surface area contributed by atoms with Crippen LogP contribution in [0, 0.1) is 5.92 Å². The summed E-state index contributed by atoms with van der Waals surface area (Å²) in [7, 11) is -3.42. The maximum atomic E-state index is 12.3. The summed E-state index contributed by atoms with van der Waals surface area (Å²) >= 11 is 0. The van der Waals surface area contributed by atoms with Gasteiger partial charge in [0.2, 0.25) is 0 Å². The smallest absolute Gasteiger partial charge is 0.310 e. The summed E-state index contributed by atoms with van der Waals surface area (Å²) < 4.78 is 29.8. The molecular weight excluding hydrogens is 264 g/mol. The van der Waals surface area contributed by atoms with Gasteiger partial charge in [0.25, 0.3) is 0 Å². The SMILES string of the molecule is CC(C)(C)OC(=O)[C@@H]1C[C@H]1S(=O)(=O)c1ccccc1. The second-order valence-electron chi connectivity index (χ2n) is 5.77. The first-order valence-electron chi connectivity index (χ1n) is 6.23. The summed E-state index contributed by atoms with van der Waals surface area (Å²) in [6, 6.07) is 8.23. The molecule has 0 heterocycles. The number of esters is 1. The molecule has 0 unspecified atom stereocenters. The first-order chi connectivity index (χ1) is 8.72. The topological polar surface area (TPSA) is 60.4 Å². The zero-order chi connectivity index (χ0) is 14.3. The Morgan fingerprint density at radius 3 is 2.32 bits per heavy atom. The van der Waals surface area contributed by atoms with Crippen molar-refractivity contribution in [2.24, 2.45) is 5.92 Å². The van der Waals surface area contributed by atoms with Crippen molar-refractivity contribution in [1.29, 1.82) is 0 Å². The highest BCUT2D eigenvalue weighted by Crippen LogP contribution is 2.41. The fourth-order valence-electron chi connectivity index (χ4n) is 1.93. The lowest BCUT2D eigenvalue weighted by Crippen LogP contribution is -2.26. The van der Waals surface area contributed by atoms with E-state index in [9.17, 15) is 13.2 Å². The Balaban J connectivity index is 2.09.